The van der Waals surface area contributed by atoms with E-state index in [1.54, 1.807) is 17.4 Å². The average molecular weight is 207 g/mol. The van der Waals surface area contributed by atoms with Gasteiger partial charge in [-0.3, -0.25) is 0 Å². The van der Waals surface area contributed by atoms with Crippen LogP contribution in [0, 0.1) is 0 Å². The Hall–Kier alpha value is -1.55. The molecule has 0 aromatic carbocycles. The second-order valence-electron chi connectivity index (χ2n) is 2.75. The number of aromatic amines is 1. The molecule has 4 heteroatoms. The van der Waals surface area contributed by atoms with Crippen molar-refractivity contribution in [2.45, 2.75) is 0 Å². The second-order valence-corrected chi connectivity index (χ2v) is 3.70. The smallest absolute Gasteiger partial charge is 0.354 e. The van der Waals surface area contributed by atoms with Gasteiger partial charge in [0, 0.05) is 0 Å². The van der Waals surface area contributed by atoms with Crippen molar-refractivity contribution in [3.63, 3.8) is 0 Å². The Morgan fingerprint density at radius 2 is 2.29 bits per heavy atom. The number of H-pyrrole nitrogens is 1. The van der Waals surface area contributed by atoms with Crippen LogP contribution in [0.1, 0.15) is 10.5 Å². The summed E-state index contributed by atoms with van der Waals surface area (Å²) in [5.41, 5.74) is 1.43. The van der Waals surface area contributed by atoms with Crippen LogP contribution < -0.4 is 0 Å². The lowest BCUT2D eigenvalue weighted by molar-refractivity contribution is 0.0595. The van der Waals surface area contributed by atoms with Gasteiger partial charge in [0.25, 0.3) is 0 Å². The Morgan fingerprint density at radius 1 is 1.43 bits per heavy atom. The Kier molecular flexibility index (Phi) is 2.37. The molecule has 1 N–H and O–H groups in total. The molecular formula is C10H9NO2S. The van der Waals surface area contributed by atoms with Gasteiger partial charge >= 0.3 is 5.97 Å². The zero-order valence-corrected chi connectivity index (χ0v) is 8.43. The largest absolute Gasteiger partial charge is 0.464 e. The molecule has 0 atom stereocenters. The van der Waals surface area contributed by atoms with E-state index in [0.717, 1.165) is 10.6 Å². The summed E-state index contributed by atoms with van der Waals surface area (Å²) in [6.07, 6.45) is 0. The highest BCUT2D eigenvalue weighted by Crippen LogP contribution is 2.23. The van der Waals surface area contributed by atoms with Crippen molar-refractivity contribution in [2.75, 3.05) is 7.11 Å². The van der Waals surface area contributed by atoms with Gasteiger partial charge in [0.15, 0.2) is 0 Å². The van der Waals surface area contributed by atoms with E-state index < -0.39 is 0 Å². The van der Waals surface area contributed by atoms with E-state index >= 15 is 0 Å². The van der Waals surface area contributed by atoms with Crippen molar-refractivity contribution in [2.24, 2.45) is 0 Å². The summed E-state index contributed by atoms with van der Waals surface area (Å²) in [5, 5.41) is 1.99. The predicted molar refractivity (Wildman–Crippen MR) is 55.4 cm³/mol. The van der Waals surface area contributed by atoms with Gasteiger partial charge in [-0.05, 0) is 23.6 Å². The fourth-order valence-corrected chi connectivity index (χ4v) is 1.91. The van der Waals surface area contributed by atoms with Crippen LogP contribution in [0.3, 0.4) is 0 Å². The highest BCUT2D eigenvalue weighted by Gasteiger charge is 2.08. The fraction of sp³-hybridized carbons (Fsp3) is 0.100. The number of carbonyl (C=O) groups is 1. The first kappa shape index (κ1) is 9.02. The molecule has 72 valence electrons. The average Bonchev–Trinajstić information content (AvgIpc) is 2.86. The molecule has 0 bridgehead atoms. The molecule has 0 fully saturated rings. The number of esters is 1. The Bertz CT molecular complexity index is 431. The van der Waals surface area contributed by atoms with Crippen molar-refractivity contribution < 1.29 is 9.53 Å². The topological polar surface area (TPSA) is 42.1 Å². The van der Waals surface area contributed by atoms with Crippen LogP contribution in [0.4, 0.5) is 0 Å². The van der Waals surface area contributed by atoms with Crippen LogP contribution in [-0.2, 0) is 4.74 Å². The third-order valence-corrected chi connectivity index (χ3v) is 2.78. The van der Waals surface area contributed by atoms with Crippen LogP contribution in [0.25, 0.3) is 10.6 Å². The molecule has 0 spiro atoms. The monoisotopic (exact) mass is 207 g/mol. The number of hydrogen-bond acceptors (Lipinski definition) is 3. The predicted octanol–water partition coefficient (Wildman–Crippen LogP) is 2.53. The highest BCUT2D eigenvalue weighted by atomic mass is 32.1. The molecule has 2 aromatic heterocycles. The quantitative estimate of drug-likeness (QED) is 0.769. The minimum absolute atomic E-state index is 0.340. The molecule has 0 aliphatic heterocycles. The molecule has 2 rings (SSSR count). The van der Waals surface area contributed by atoms with Gasteiger partial charge < -0.3 is 9.72 Å². The molecule has 3 nitrogen and oxygen atoms in total. The van der Waals surface area contributed by atoms with Crippen molar-refractivity contribution in [1.29, 1.82) is 0 Å². The number of nitrogens with one attached hydrogen (secondary N) is 1. The Labute approximate surface area is 85.3 Å². The van der Waals surface area contributed by atoms with E-state index in [1.807, 2.05) is 23.6 Å². The Morgan fingerprint density at radius 3 is 2.93 bits per heavy atom. The maximum Gasteiger partial charge on any atom is 0.354 e. The number of aromatic nitrogens is 1. The minimum Gasteiger partial charge on any atom is -0.464 e. The summed E-state index contributed by atoms with van der Waals surface area (Å²) >= 11 is 1.63. The summed E-state index contributed by atoms with van der Waals surface area (Å²) in [4.78, 5) is 15.3. The van der Waals surface area contributed by atoms with Crippen LogP contribution in [0.15, 0.2) is 29.6 Å². The summed E-state index contributed by atoms with van der Waals surface area (Å²) < 4.78 is 4.60. The van der Waals surface area contributed by atoms with E-state index in [-0.39, 0.29) is 5.97 Å². The van der Waals surface area contributed by atoms with Crippen molar-refractivity contribution in [3.8, 4) is 10.6 Å². The van der Waals surface area contributed by atoms with Crippen molar-refractivity contribution >= 4 is 17.3 Å². The van der Waals surface area contributed by atoms with Crippen LogP contribution in [0.2, 0.25) is 0 Å². The summed E-state index contributed by atoms with van der Waals surface area (Å²) in [6.45, 7) is 0. The first-order valence-corrected chi connectivity index (χ1v) is 5.00. The molecule has 0 radical (unpaired) electrons. The van der Waals surface area contributed by atoms with E-state index in [9.17, 15) is 4.79 Å². The van der Waals surface area contributed by atoms with E-state index in [4.69, 9.17) is 0 Å². The molecule has 0 saturated carbocycles. The lowest BCUT2D eigenvalue weighted by Gasteiger charge is -1.94. The number of ether oxygens (including phenoxy) is 1. The second kappa shape index (κ2) is 3.67. The van der Waals surface area contributed by atoms with Gasteiger partial charge in [-0.1, -0.05) is 6.07 Å². The van der Waals surface area contributed by atoms with Gasteiger partial charge in [0.05, 0.1) is 17.7 Å². The molecular weight excluding hydrogens is 198 g/mol. The zero-order valence-electron chi connectivity index (χ0n) is 7.61. The van der Waals surface area contributed by atoms with Gasteiger partial charge in [-0.2, -0.15) is 0 Å². The third kappa shape index (κ3) is 1.56. The first-order valence-electron chi connectivity index (χ1n) is 4.12. The third-order valence-electron chi connectivity index (χ3n) is 1.88. The van der Waals surface area contributed by atoms with Crippen molar-refractivity contribution in [1.82, 2.24) is 4.98 Å². The number of thiophene rings is 1. The maximum absolute atomic E-state index is 11.1. The van der Waals surface area contributed by atoms with E-state index in [0.29, 0.717) is 5.69 Å². The van der Waals surface area contributed by atoms with Crippen LogP contribution >= 0.6 is 11.3 Å². The number of methoxy groups -OCH3 is 1. The van der Waals surface area contributed by atoms with Crippen LogP contribution in [0.5, 0.6) is 0 Å². The SMILES string of the molecule is COC(=O)c1ccc(-c2cccs2)[nH]1. The minimum atomic E-state index is -0.340. The van der Waals surface area contributed by atoms with E-state index in [1.165, 1.54) is 7.11 Å². The number of hydrogen-bond donors (Lipinski definition) is 1. The molecule has 0 amide bonds. The Balaban J connectivity index is 2.31. The van der Waals surface area contributed by atoms with Gasteiger partial charge in [0.1, 0.15) is 5.69 Å². The highest BCUT2D eigenvalue weighted by molar-refractivity contribution is 7.13. The number of carbonyl (C=O) groups excluding carboxylic acids is 1. The standard InChI is InChI=1S/C10H9NO2S/c1-13-10(12)8-5-4-7(11-8)9-3-2-6-14-9/h2-6,11H,1H3. The molecule has 0 aliphatic carbocycles. The molecule has 0 aliphatic rings. The summed E-state index contributed by atoms with van der Waals surface area (Å²) in [5.74, 6) is -0.340. The summed E-state index contributed by atoms with van der Waals surface area (Å²) in [7, 11) is 1.37. The van der Waals surface area contributed by atoms with Gasteiger partial charge in [-0.15, -0.1) is 11.3 Å². The molecule has 2 heterocycles. The zero-order chi connectivity index (χ0) is 9.97. The fourth-order valence-electron chi connectivity index (χ4n) is 1.20. The first-order chi connectivity index (χ1) is 6.81. The molecule has 0 saturated heterocycles. The molecule has 2 aromatic rings. The van der Waals surface area contributed by atoms with Gasteiger partial charge in [0.2, 0.25) is 0 Å². The lowest BCUT2D eigenvalue weighted by Crippen LogP contribution is -2.00. The normalized spacial score (nSPS) is 10.1. The number of rotatable bonds is 2. The molecule has 0 unspecified atom stereocenters. The summed E-state index contributed by atoms with van der Waals surface area (Å²) in [6, 6.07) is 7.56. The lowest BCUT2D eigenvalue weighted by atomic mass is 10.3. The maximum atomic E-state index is 11.1. The van der Waals surface area contributed by atoms with Crippen LogP contribution in [-0.4, -0.2) is 18.1 Å². The van der Waals surface area contributed by atoms with Crippen molar-refractivity contribution in [3.05, 3.63) is 35.3 Å². The van der Waals surface area contributed by atoms with Gasteiger partial charge in [-0.25, -0.2) is 4.79 Å². The molecule has 14 heavy (non-hydrogen) atoms. The van der Waals surface area contributed by atoms with E-state index in [2.05, 4.69) is 9.72 Å².